The number of hydrogen-bond acceptors (Lipinski definition) is 6. The second kappa shape index (κ2) is 8.40. The smallest absolute Gasteiger partial charge is 0.311 e. The Morgan fingerprint density at radius 1 is 1.13 bits per heavy atom. The molecule has 2 aliphatic heterocycles. The molecule has 9 heteroatoms. The highest BCUT2D eigenvalue weighted by Crippen LogP contribution is 2.32. The van der Waals surface area contributed by atoms with Crippen LogP contribution in [0, 0.1) is 11.7 Å². The van der Waals surface area contributed by atoms with Crippen molar-refractivity contribution in [1.82, 2.24) is 0 Å². The highest BCUT2D eigenvalue weighted by Gasteiger charge is 2.37. The Morgan fingerprint density at radius 2 is 1.90 bits per heavy atom. The third-order valence-corrected chi connectivity index (χ3v) is 4.77. The quantitative estimate of drug-likeness (QED) is 0.754. The van der Waals surface area contributed by atoms with E-state index in [-0.39, 0.29) is 24.6 Å². The van der Waals surface area contributed by atoms with Crippen LogP contribution in [-0.4, -0.2) is 44.1 Å². The fourth-order valence-corrected chi connectivity index (χ4v) is 3.34. The lowest BCUT2D eigenvalue weighted by Crippen LogP contribution is -2.28. The summed E-state index contributed by atoms with van der Waals surface area (Å²) in [6.07, 6.45) is -0.100. The Bertz CT molecular complexity index is 995. The Hall–Kier alpha value is -3.62. The van der Waals surface area contributed by atoms with Crippen LogP contribution in [0.25, 0.3) is 0 Å². The number of halogens is 1. The maximum atomic E-state index is 13.9. The number of anilines is 2. The summed E-state index contributed by atoms with van der Waals surface area (Å²) in [4.78, 5) is 37.8. The molecule has 2 amide bonds. The molecule has 2 aromatic carbocycles. The first-order valence-electron chi connectivity index (χ1n) is 9.42. The molecule has 8 nitrogen and oxygen atoms in total. The van der Waals surface area contributed by atoms with Gasteiger partial charge in [-0.15, -0.1) is 0 Å². The molecule has 1 atom stereocenters. The van der Waals surface area contributed by atoms with E-state index in [0.717, 1.165) is 0 Å². The van der Waals surface area contributed by atoms with Crippen molar-refractivity contribution in [3.8, 4) is 11.5 Å². The van der Waals surface area contributed by atoms with E-state index in [2.05, 4.69) is 5.32 Å². The van der Waals surface area contributed by atoms with Gasteiger partial charge in [0.15, 0.2) is 18.1 Å². The van der Waals surface area contributed by atoms with Gasteiger partial charge in [0.2, 0.25) is 5.91 Å². The molecule has 0 aromatic heterocycles. The minimum atomic E-state index is -0.765. The summed E-state index contributed by atoms with van der Waals surface area (Å²) < 4.78 is 29.9. The predicted molar refractivity (Wildman–Crippen MR) is 104 cm³/mol. The van der Waals surface area contributed by atoms with E-state index in [1.807, 2.05) is 0 Å². The lowest BCUT2D eigenvalue weighted by atomic mass is 10.1. The fourth-order valence-electron chi connectivity index (χ4n) is 3.34. The Labute approximate surface area is 171 Å². The standard InChI is InChI=1S/C21H19FN2O6/c22-15-3-1-2-4-16(15)24-11-13(9-20(24)26)21(27)30-12-19(25)23-14-5-6-17-18(10-14)29-8-7-28-17/h1-6,10,13H,7-9,11-12H2,(H,23,25)/t13-/m0/s1. The van der Waals surface area contributed by atoms with Gasteiger partial charge in [0, 0.05) is 24.7 Å². The summed E-state index contributed by atoms with van der Waals surface area (Å²) in [5, 5.41) is 2.61. The van der Waals surface area contributed by atoms with Gasteiger partial charge in [-0.1, -0.05) is 12.1 Å². The molecule has 30 heavy (non-hydrogen) atoms. The zero-order valence-corrected chi connectivity index (χ0v) is 15.9. The highest BCUT2D eigenvalue weighted by atomic mass is 19.1. The Morgan fingerprint density at radius 3 is 2.70 bits per heavy atom. The average Bonchev–Trinajstić information content (AvgIpc) is 3.14. The number of nitrogens with one attached hydrogen (secondary N) is 1. The van der Waals surface area contributed by atoms with Gasteiger partial charge in [-0.25, -0.2) is 4.39 Å². The SMILES string of the molecule is O=C(COC(=O)[C@H]1CC(=O)N(c2ccccc2F)C1)Nc1ccc2c(c1)OCCO2. The van der Waals surface area contributed by atoms with E-state index in [1.165, 1.54) is 23.1 Å². The molecule has 0 aliphatic carbocycles. The molecule has 1 saturated heterocycles. The monoisotopic (exact) mass is 414 g/mol. The number of carbonyl (C=O) groups excluding carboxylic acids is 3. The van der Waals surface area contributed by atoms with Crippen molar-refractivity contribution in [2.24, 2.45) is 5.92 Å². The van der Waals surface area contributed by atoms with Crippen molar-refractivity contribution in [3.05, 3.63) is 48.3 Å². The molecular formula is C21H19FN2O6. The minimum Gasteiger partial charge on any atom is -0.486 e. The van der Waals surface area contributed by atoms with Crippen LogP contribution in [0.4, 0.5) is 15.8 Å². The molecule has 0 spiro atoms. The van der Waals surface area contributed by atoms with E-state index >= 15 is 0 Å². The van der Waals surface area contributed by atoms with E-state index in [1.54, 1.807) is 24.3 Å². The van der Waals surface area contributed by atoms with Gasteiger partial charge in [0.05, 0.1) is 11.6 Å². The Kier molecular flexibility index (Phi) is 5.51. The first-order valence-corrected chi connectivity index (χ1v) is 9.42. The number of para-hydroxylation sites is 1. The van der Waals surface area contributed by atoms with E-state index in [4.69, 9.17) is 14.2 Å². The molecule has 1 fully saturated rings. The van der Waals surface area contributed by atoms with Gasteiger partial charge >= 0.3 is 5.97 Å². The highest BCUT2D eigenvalue weighted by molar-refractivity contribution is 6.00. The third-order valence-electron chi connectivity index (χ3n) is 4.77. The maximum absolute atomic E-state index is 13.9. The fraction of sp³-hybridized carbons (Fsp3) is 0.286. The molecule has 0 radical (unpaired) electrons. The van der Waals surface area contributed by atoms with Gasteiger partial charge < -0.3 is 24.4 Å². The van der Waals surface area contributed by atoms with Gasteiger partial charge in [-0.05, 0) is 24.3 Å². The third kappa shape index (κ3) is 4.19. The number of esters is 1. The maximum Gasteiger partial charge on any atom is 0.311 e. The van der Waals surface area contributed by atoms with Crippen molar-refractivity contribution < 1.29 is 33.0 Å². The van der Waals surface area contributed by atoms with Crippen LogP contribution in [0.3, 0.4) is 0 Å². The normalized spacial score (nSPS) is 17.6. The molecule has 0 bridgehead atoms. The summed E-state index contributed by atoms with van der Waals surface area (Å²) in [6, 6.07) is 10.8. The van der Waals surface area contributed by atoms with Crippen LogP contribution in [-0.2, 0) is 19.1 Å². The summed E-state index contributed by atoms with van der Waals surface area (Å²) in [5.74, 6) is -1.78. The summed E-state index contributed by atoms with van der Waals surface area (Å²) in [6.45, 7) is 0.388. The second-order valence-electron chi connectivity index (χ2n) is 6.87. The first kappa shape index (κ1) is 19.7. The van der Waals surface area contributed by atoms with Crippen molar-refractivity contribution in [2.75, 3.05) is 36.6 Å². The van der Waals surface area contributed by atoms with Gasteiger partial charge in [0.1, 0.15) is 19.0 Å². The topological polar surface area (TPSA) is 94.2 Å². The van der Waals surface area contributed by atoms with E-state index in [9.17, 15) is 18.8 Å². The van der Waals surface area contributed by atoms with Crippen molar-refractivity contribution in [1.29, 1.82) is 0 Å². The number of amides is 2. The zero-order valence-electron chi connectivity index (χ0n) is 15.9. The second-order valence-corrected chi connectivity index (χ2v) is 6.87. The number of carbonyl (C=O) groups is 3. The van der Waals surface area contributed by atoms with Crippen molar-refractivity contribution in [2.45, 2.75) is 6.42 Å². The van der Waals surface area contributed by atoms with E-state index < -0.39 is 30.2 Å². The average molecular weight is 414 g/mol. The first-order chi connectivity index (χ1) is 14.5. The minimum absolute atomic E-state index is 0.00236. The molecule has 0 unspecified atom stereocenters. The number of fused-ring (bicyclic) bond motifs is 1. The number of ether oxygens (including phenoxy) is 3. The molecule has 4 rings (SSSR count). The molecule has 2 heterocycles. The lowest BCUT2D eigenvalue weighted by molar-refractivity contribution is -0.151. The van der Waals surface area contributed by atoms with E-state index in [0.29, 0.717) is 30.4 Å². The molecule has 0 saturated carbocycles. The van der Waals surface area contributed by atoms with Crippen LogP contribution in [0.2, 0.25) is 0 Å². The Balaban J connectivity index is 1.30. The molecule has 1 N–H and O–H groups in total. The van der Waals surface area contributed by atoms with Crippen LogP contribution in [0.5, 0.6) is 11.5 Å². The summed E-state index contributed by atoms with van der Waals surface area (Å²) in [7, 11) is 0. The number of nitrogens with zero attached hydrogens (tertiary/aromatic N) is 1. The van der Waals surface area contributed by atoms with Crippen LogP contribution in [0.1, 0.15) is 6.42 Å². The number of rotatable bonds is 5. The van der Waals surface area contributed by atoms with Crippen molar-refractivity contribution >= 4 is 29.2 Å². The predicted octanol–water partition coefficient (Wildman–Crippen LogP) is 2.13. The van der Waals surface area contributed by atoms with Crippen LogP contribution < -0.4 is 19.7 Å². The van der Waals surface area contributed by atoms with Crippen LogP contribution in [0.15, 0.2) is 42.5 Å². The number of hydrogen-bond donors (Lipinski definition) is 1. The van der Waals surface area contributed by atoms with Gasteiger partial charge in [-0.3, -0.25) is 14.4 Å². The summed E-state index contributed by atoms with van der Waals surface area (Å²) in [5.41, 5.74) is 0.594. The molecule has 2 aliphatic rings. The van der Waals surface area contributed by atoms with Crippen LogP contribution >= 0.6 is 0 Å². The molecule has 156 valence electrons. The van der Waals surface area contributed by atoms with Crippen molar-refractivity contribution in [3.63, 3.8) is 0 Å². The number of benzene rings is 2. The molecule has 2 aromatic rings. The largest absolute Gasteiger partial charge is 0.486 e. The van der Waals surface area contributed by atoms with Gasteiger partial charge in [-0.2, -0.15) is 0 Å². The van der Waals surface area contributed by atoms with Gasteiger partial charge in [0.25, 0.3) is 5.91 Å². The zero-order chi connectivity index (χ0) is 21.1. The molecular weight excluding hydrogens is 395 g/mol. The lowest BCUT2D eigenvalue weighted by Gasteiger charge is -2.19. The summed E-state index contributed by atoms with van der Waals surface area (Å²) >= 11 is 0.